The Kier molecular flexibility index (Phi) is 5.48. The van der Waals surface area contributed by atoms with E-state index in [9.17, 15) is 9.59 Å². The van der Waals surface area contributed by atoms with Crippen LogP contribution in [0.25, 0.3) is 0 Å². The van der Waals surface area contributed by atoms with Crippen molar-refractivity contribution in [2.45, 2.75) is 13.0 Å². The smallest absolute Gasteiger partial charge is 0.257 e. The zero-order valence-corrected chi connectivity index (χ0v) is 14.1. The number of amides is 2. The standard InChI is InChI=1S/C18H16N4O2S/c23-16(20-11-13-5-4-8-19-10-13)9-15-12-25-18(21-15)22-17(24)14-6-2-1-3-7-14/h1-8,10,12H,9,11H2,(H,20,23)(H,21,22,24). The Hall–Kier alpha value is -3.06. The fourth-order valence-corrected chi connectivity index (χ4v) is 2.84. The van der Waals surface area contributed by atoms with Gasteiger partial charge in [0.05, 0.1) is 12.1 Å². The summed E-state index contributed by atoms with van der Waals surface area (Å²) in [6.45, 7) is 0.425. The second-order valence-electron chi connectivity index (χ2n) is 5.28. The summed E-state index contributed by atoms with van der Waals surface area (Å²) >= 11 is 1.30. The van der Waals surface area contributed by atoms with Gasteiger partial charge in [0.2, 0.25) is 5.91 Å². The first kappa shape index (κ1) is 16.8. The van der Waals surface area contributed by atoms with Crippen LogP contribution >= 0.6 is 11.3 Å². The summed E-state index contributed by atoms with van der Waals surface area (Å²) < 4.78 is 0. The SMILES string of the molecule is O=C(Cc1csc(NC(=O)c2ccccc2)n1)NCc1cccnc1. The van der Waals surface area contributed by atoms with Gasteiger partial charge < -0.3 is 5.32 Å². The predicted molar refractivity (Wildman–Crippen MR) is 96.3 cm³/mol. The topological polar surface area (TPSA) is 84.0 Å². The summed E-state index contributed by atoms with van der Waals surface area (Å²) in [6.07, 6.45) is 3.56. The molecule has 2 heterocycles. The molecule has 0 saturated heterocycles. The average Bonchev–Trinajstić information content (AvgIpc) is 3.08. The van der Waals surface area contributed by atoms with Crippen LogP contribution in [0.2, 0.25) is 0 Å². The van der Waals surface area contributed by atoms with E-state index in [-0.39, 0.29) is 18.2 Å². The Bertz CT molecular complexity index is 850. The van der Waals surface area contributed by atoms with Gasteiger partial charge in [0, 0.05) is 29.9 Å². The molecule has 1 aromatic carbocycles. The highest BCUT2D eigenvalue weighted by Gasteiger charge is 2.11. The van der Waals surface area contributed by atoms with Crippen LogP contribution in [0.3, 0.4) is 0 Å². The molecule has 0 saturated carbocycles. The second kappa shape index (κ2) is 8.16. The van der Waals surface area contributed by atoms with Crippen LogP contribution in [-0.2, 0) is 17.8 Å². The number of nitrogens with one attached hydrogen (secondary N) is 2. The Balaban J connectivity index is 1.51. The van der Waals surface area contributed by atoms with E-state index in [1.807, 2.05) is 18.2 Å². The van der Waals surface area contributed by atoms with Gasteiger partial charge in [-0.3, -0.25) is 19.9 Å². The van der Waals surface area contributed by atoms with Gasteiger partial charge in [-0.1, -0.05) is 24.3 Å². The summed E-state index contributed by atoms with van der Waals surface area (Å²) in [6, 6.07) is 12.6. The van der Waals surface area contributed by atoms with Crippen molar-refractivity contribution in [3.8, 4) is 0 Å². The maximum absolute atomic E-state index is 12.1. The van der Waals surface area contributed by atoms with Crippen molar-refractivity contribution in [3.05, 3.63) is 77.1 Å². The number of aromatic nitrogens is 2. The molecule has 0 atom stereocenters. The second-order valence-corrected chi connectivity index (χ2v) is 6.14. The van der Waals surface area contributed by atoms with Gasteiger partial charge >= 0.3 is 0 Å². The van der Waals surface area contributed by atoms with Crippen LogP contribution < -0.4 is 10.6 Å². The average molecular weight is 352 g/mol. The molecule has 3 rings (SSSR count). The molecule has 0 aliphatic heterocycles. The number of rotatable bonds is 6. The molecule has 2 N–H and O–H groups in total. The molecule has 6 nitrogen and oxygen atoms in total. The van der Waals surface area contributed by atoms with Gasteiger partial charge in [-0.2, -0.15) is 0 Å². The number of hydrogen-bond acceptors (Lipinski definition) is 5. The van der Waals surface area contributed by atoms with Crippen LogP contribution in [0.15, 0.2) is 60.2 Å². The van der Waals surface area contributed by atoms with Gasteiger partial charge in [-0.05, 0) is 23.8 Å². The predicted octanol–water partition coefficient (Wildman–Crippen LogP) is 2.65. The number of anilines is 1. The number of benzene rings is 1. The molecule has 0 aliphatic carbocycles. The van der Waals surface area contributed by atoms with Crippen molar-refractivity contribution in [2.24, 2.45) is 0 Å². The molecule has 7 heteroatoms. The maximum atomic E-state index is 12.1. The number of nitrogens with zero attached hydrogens (tertiary/aromatic N) is 2. The van der Waals surface area contributed by atoms with Crippen molar-refractivity contribution < 1.29 is 9.59 Å². The Morgan fingerprint density at radius 1 is 1.08 bits per heavy atom. The lowest BCUT2D eigenvalue weighted by Gasteiger charge is -2.03. The van der Waals surface area contributed by atoms with Crippen molar-refractivity contribution in [1.82, 2.24) is 15.3 Å². The normalized spacial score (nSPS) is 10.2. The van der Waals surface area contributed by atoms with Crippen LogP contribution in [0.1, 0.15) is 21.6 Å². The summed E-state index contributed by atoms with van der Waals surface area (Å²) in [5, 5.41) is 7.80. The third kappa shape index (κ3) is 4.95. The summed E-state index contributed by atoms with van der Waals surface area (Å²) in [5.41, 5.74) is 2.12. The number of carbonyl (C=O) groups is 2. The summed E-state index contributed by atoms with van der Waals surface area (Å²) in [4.78, 5) is 32.3. The molecular weight excluding hydrogens is 336 g/mol. The maximum Gasteiger partial charge on any atom is 0.257 e. The van der Waals surface area contributed by atoms with Gasteiger partial charge in [0.25, 0.3) is 5.91 Å². The van der Waals surface area contributed by atoms with E-state index in [2.05, 4.69) is 20.6 Å². The molecule has 2 aromatic heterocycles. The van der Waals surface area contributed by atoms with E-state index in [4.69, 9.17) is 0 Å². The Labute approximate surface area is 149 Å². The van der Waals surface area contributed by atoms with Crippen LogP contribution in [0, 0.1) is 0 Å². The number of hydrogen-bond donors (Lipinski definition) is 2. The van der Waals surface area contributed by atoms with Crippen molar-refractivity contribution in [2.75, 3.05) is 5.32 Å². The third-order valence-electron chi connectivity index (χ3n) is 3.36. The molecular formula is C18H16N4O2S. The number of thiazole rings is 1. The molecule has 0 bridgehead atoms. The molecule has 0 radical (unpaired) electrons. The Morgan fingerprint density at radius 3 is 2.68 bits per heavy atom. The fourth-order valence-electron chi connectivity index (χ4n) is 2.13. The lowest BCUT2D eigenvalue weighted by atomic mass is 10.2. The van der Waals surface area contributed by atoms with Crippen molar-refractivity contribution in [1.29, 1.82) is 0 Å². The fraction of sp³-hybridized carbons (Fsp3) is 0.111. The third-order valence-corrected chi connectivity index (χ3v) is 4.17. The summed E-state index contributed by atoms with van der Waals surface area (Å²) in [5.74, 6) is -0.349. The number of carbonyl (C=O) groups excluding carboxylic acids is 2. The van der Waals surface area contributed by atoms with E-state index in [1.54, 1.807) is 42.0 Å². The first-order chi connectivity index (χ1) is 12.2. The molecule has 25 heavy (non-hydrogen) atoms. The highest BCUT2D eigenvalue weighted by Crippen LogP contribution is 2.17. The van der Waals surface area contributed by atoms with Crippen molar-refractivity contribution in [3.63, 3.8) is 0 Å². The zero-order chi connectivity index (χ0) is 17.5. The molecule has 0 aliphatic rings. The minimum absolute atomic E-state index is 0.130. The monoisotopic (exact) mass is 352 g/mol. The van der Waals surface area contributed by atoms with Gasteiger partial charge in [0.1, 0.15) is 0 Å². The van der Waals surface area contributed by atoms with Gasteiger partial charge in [-0.15, -0.1) is 11.3 Å². The Morgan fingerprint density at radius 2 is 1.92 bits per heavy atom. The van der Waals surface area contributed by atoms with E-state index < -0.39 is 0 Å². The first-order valence-corrected chi connectivity index (χ1v) is 8.55. The van der Waals surface area contributed by atoms with Crippen molar-refractivity contribution >= 4 is 28.3 Å². The lowest BCUT2D eigenvalue weighted by molar-refractivity contribution is -0.120. The van der Waals surface area contributed by atoms with E-state index >= 15 is 0 Å². The number of pyridine rings is 1. The van der Waals surface area contributed by atoms with Gasteiger partial charge in [-0.25, -0.2) is 4.98 Å². The molecule has 0 fully saturated rings. The van der Waals surface area contributed by atoms with Crippen LogP contribution in [0.4, 0.5) is 5.13 Å². The van der Waals surface area contributed by atoms with Crippen LogP contribution in [0.5, 0.6) is 0 Å². The quantitative estimate of drug-likeness (QED) is 0.714. The van der Waals surface area contributed by atoms with E-state index in [1.165, 1.54) is 11.3 Å². The zero-order valence-electron chi connectivity index (χ0n) is 13.3. The highest BCUT2D eigenvalue weighted by molar-refractivity contribution is 7.14. The molecule has 0 spiro atoms. The molecule has 3 aromatic rings. The minimum atomic E-state index is -0.220. The molecule has 0 unspecified atom stereocenters. The summed E-state index contributed by atoms with van der Waals surface area (Å²) in [7, 11) is 0. The minimum Gasteiger partial charge on any atom is -0.352 e. The van der Waals surface area contributed by atoms with E-state index in [0.29, 0.717) is 22.9 Å². The lowest BCUT2D eigenvalue weighted by Crippen LogP contribution is -2.24. The molecule has 126 valence electrons. The van der Waals surface area contributed by atoms with E-state index in [0.717, 1.165) is 5.56 Å². The molecule has 2 amide bonds. The first-order valence-electron chi connectivity index (χ1n) is 7.67. The van der Waals surface area contributed by atoms with Gasteiger partial charge in [0.15, 0.2) is 5.13 Å². The highest BCUT2D eigenvalue weighted by atomic mass is 32.1. The van der Waals surface area contributed by atoms with Crippen LogP contribution in [-0.4, -0.2) is 21.8 Å². The largest absolute Gasteiger partial charge is 0.352 e.